The highest BCUT2D eigenvalue weighted by Crippen LogP contribution is 2.39. The summed E-state index contributed by atoms with van der Waals surface area (Å²) < 4.78 is 5.50. The maximum absolute atomic E-state index is 13.0. The molecule has 0 saturated carbocycles. The molecule has 23 heavy (non-hydrogen) atoms. The van der Waals surface area contributed by atoms with Gasteiger partial charge in [0.2, 0.25) is 5.76 Å². The lowest BCUT2D eigenvalue weighted by Gasteiger charge is -2.59. The van der Waals surface area contributed by atoms with Crippen molar-refractivity contribution in [3.63, 3.8) is 0 Å². The van der Waals surface area contributed by atoms with E-state index in [0.717, 1.165) is 39.0 Å². The molecule has 2 N–H and O–H groups in total. The Hall–Kier alpha value is -1.73. The van der Waals surface area contributed by atoms with E-state index in [2.05, 4.69) is 13.8 Å². The van der Waals surface area contributed by atoms with E-state index >= 15 is 0 Å². The van der Waals surface area contributed by atoms with E-state index in [1.807, 2.05) is 0 Å². The summed E-state index contributed by atoms with van der Waals surface area (Å²) in [5, 5.41) is 10.9. The van der Waals surface area contributed by atoms with E-state index in [1.54, 1.807) is 6.07 Å². The minimum atomic E-state index is -0.488. The molecule has 2 atom stereocenters. The predicted octanol–water partition coefficient (Wildman–Crippen LogP) is -0.641. The molecule has 5 rings (SSSR count). The number of rotatable bonds is 4. The van der Waals surface area contributed by atoms with Gasteiger partial charge in [-0.15, -0.1) is 0 Å². The minimum Gasteiger partial charge on any atom is -0.392 e. The molecule has 7 heteroatoms. The van der Waals surface area contributed by atoms with E-state index in [-0.39, 0.29) is 22.9 Å². The van der Waals surface area contributed by atoms with Crippen molar-refractivity contribution in [1.29, 1.82) is 0 Å². The number of nitro groups is 1. The van der Waals surface area contributed by atoms with Gasteiger partial charge in [0.25, 0.3) is 6.17 Å². The number of nitrogens with one attached hydrogen (secondary N) is 2. The number of carbonyl (C=O) groups is 1. The van der Waals surface area contributed by atoms with Crippen molar-refractivity contribution in [3.8, 4) is 0 Å². The van der Waals surface area contributed by atoms with Crippen LogP contribution < -0.4 is 9.80 Å². The molecule has 0 amide bonds. The Morgan fingerprint density at radius 3 is 2.48 bits per heavy atom. The topological polar surface area (TPSA) is 82.2 Å². The standard InChI is InChI=1S/C16H21N3O4/c1-3-6-16-9-17-7-15(2,14(16)20)8-18(10-16)13(17)11-4-5-12(23-11)19(21)22/h4-5,13H,3,6-10H2,1-2H3/p+2. The van der Waals surface area contributed by atoms with Crippen molar-refractivity contribution in [2.24, 2.45) is 10.8 Å². The summed E-state index contributed by atoms with van der Waals surface area (Å²) in [6, 6.07) is 3.18. The minimum absolute atomic E-state index is 0.0786. The first kappa shape index (κ1) is 14.8. The van der Waals surface area contributed by atoms with Crippen LogP contribution in [0.15, 0.2) is 16.5 Å². The zero-order valence-electron chi connectivity index (χ0n) is 13.6. The SMILES string of the molecule is CCCC12C[NH+]3CC(C)(C[NH+](C1)C3c1ccc([N+](=O)[O-])o1)C2=O. The Morgan fingerprint density at radius 1 is 1.30 bits per heavy atom. The Kier molecular flexibility index (Phi) is 2.99. The third kappa shape index (κ3) is 1.93. The Bertz CT molecular complexity index is 667. The highest BCUT2D eigenvalue weighted by atomic mass is 16.6. The molecule has 124 valence electrons. The molecule has 4 bridgehead atoms. The van der Waals surface area contributed by atoms with Crippen LogP contribution in [-0.4, -0.2) is 36.9 Å². The quantitative estimate of drug-likeness (QED) is 0.571. The number of Topliss-reactive ketones (excluding diaryl/α,β-unsaturated/α-hetero) is 1. The Morgan fingerprint density at radius 2 is 1.96 bits per heavy atom. The van der Waals surface area contributed by atoms with Crippen LogP contribution in [0.3, 0.4) is 0 Å². The van der Waals surface area contributed by atoms with Crippen LogP contribution in [0.25, 0.3) is 0 Å². The van der Waals surface area contributed by atoms with Gasteiger partial charge < -0.3 is 4.42 Å². The second-order valence-corrected chi connectivity index (χ2v) is 7.81. The summed E-state index contributed by atoms with van der Waals surface area (Å²) in [5.41, 5.74) is -0.467. The highest BCUT2D eigenvalue weighted by molar-refractivity contribution is 5.91. The number of ketones is 1. The number of hydrogen-bond donors (Lipinski definition) is 2. The molecule has 4 saturated heterocycles. The van der Waals surface area contributed by atoms with Gasteiger partial charge in [-0.2, -0.15) is 0 Å². The molecule has 7 nitrogen and oxygen atoms in total. The van der Waals surface area contributed by atoms with Crippen LogP contribution in [0.1, 0.15) is 38.6 Å². The van der Waals surface area contributed by atoms with Gasteiger partial charge in [-0.05, 0) is 13.3 Å². The average molecular weight is 321 g/mol. The Balaban J connectivity index is 1.70. The summed E-state index contributed by atoms with van der Waals surface area (Å²) in [6.07, 6.45) is 2.04. The van der Waals surface area contributed by atoms with Gasteiger partial charge in [0.15, 0.2) is 5.78 Å². The molecule has 0 aromatic carbocycles. The highest BCUT2D eigenvalue weighted by Gasteiger charge is 2.70. The van der Waals surface area contributed by atoms with E-state index in [4.69, 9.17) is 4.42 Å². The molecule has 4 fully saturated rings. The lowest BCUT2D eigenvalue weighted by Crippen LogP contribution is -3.41. The van der Waals surface area contributed by atoms with Gasteiger partial charge in [-0.3, -0.25) is 24.7 Å². The van der Waals surface area contributed by atoms with Crippen LogP contribution in [0.4, 0.5) is 5.88 Å². The van der Waals surface area contributed by atoms with Crippen molar-refractivity contribution < 1.29 is 23.9 Å². The monoisotopic (exact) mass is 321 g/mol. The van der Waals surface area contributed by atoms with Gasteiger partial charge in [-0.25, -0.2) is 0 Å². The first-order valence-electron chi connectivity index (χ1n) is 8.37. The molecule has 1 aromatic heterocycles. The summed E-state index contributed by atoms with van der Waals surface area (Å²) >= 11 is 0. The van der Waals surface area contributed by atoms with Crippen LogP contribution >= 0.6 is 0 Å². The number of carbonyl (C=O) groups excluding carboxylic acids is 1. The summed E-state index contributed by atoms with van der Waals surface area (Å²) in [7, 11) is 0. The van der Waals surface area contributed by atoms with Gasteiger partial charge in [0.1, 0.15) is 41.9 Å². The third-order valence-electron chi connectivity index (χ3n) is 6.02. The van der Waals surface area contributed by atoms with Crippen molar-refractivity contribution in [2.75, 3.05) is 26.2 Å². The smallest absolute Gasteiger partial charge is 0.392 e. The number of piperidine rings is 2. The second kappa shape index (κ2) is 4.64. The molecule has 4 aliphatic rings. The summed E-state index contributed by atoms with van der Waals surface area (Å²) in [6.45, 7) is 7.51. The van der Waals surface area contributed by atoms with Crippen LogP contribution in [0.5, 0.6) is 0 Å². The number of quaternary nitrogens is 2. The lowest BCUT2D eigenvalue weighted by atomic mass is 9.59. The zero-order valence-corrected chi connectivity index (χ0v) is 13.6. The fraction of sp³-hybridized carbons (Fsp3) is 0.688. The number of nitrogens with zero attached hydrogens (tertiary/aromatic N) is 1. The second-order valence-electron chi connectivity index (χ2n) is 7.81. The van der Waals surface area contributed by atoms with Crippen molar-refractivity contribution in [3.05, 3.63) is 28.0 Å². The maximum atomic E-state index is 13.0. The molecular formula is C16H23N3O4+2. The van der Waals surface area contributed by atoms with E-state index < -0.39 is 4.92 Å². The fourth-order valence-corrected chi connectivity index (χ4v) is 5.55. The molecule has 4 aliphatic heterocycles. The number of furan rings is 1. The zero-order chi connectivity index (χ0) is 16.4. The predicted molar refractivity (Wildman–Crippen MR) is 80.0 cm³/mol. The van der Waals surface area contributed by atoms with Crippen molar-refractivity contribution in [2.45, 2.75) is 32.9 Å². The first-order valence-corrected chi connectivity index (χ1v) is 8.37. The van der Waals surface area contributed by atoms with Gasteiger partial charge in [0.05, 0.1) is 6.07 Å². The lowest BCUT2D eigenvalue weighted by molar-refractivity contribution is -1.18. The van der Waals surface area contributed by atoms with Gasteiger partial charge >= 0.3 is 5.88 Å². The molecule has 0 spiro atoms. The molecule has 2 unspecified atom stereocenters. The average Bonchev–Trinajstić information content (AvgIpc) is 2.93. The Labute approximate surface area is 134 Å². The van der Waals surface area contributed by atoms with Crippen molar-refractivity contribution >= 4 is 11.7 Å². The normalized spacial score (nSPS) is 41.5. The van der Waals surface area contributed by atoms with Crippen LogP contribution in [0.2, 0.25) is 0 Å². The van der Waals surface area contributed by atoms with Crippen molar-refractivity contribution in [1.82, 2.24) is 0 Å². The van der Waals surface area contributed by atoms with Crippen LogP contribution in [0, 0.1) is 20.9 Å². The summed E-state index contributed by atoms with van der Waals surface area (Å²) in [5.74, 6) is 0.937. The molecular weight excluding hydrogens is 298 g/mol. The maximum Gasteiger partial charge on any atom is 0.433 e. The summed E-state index contributed by atoms with van der Waals surface area (Å²) in [4.78, 5) is 26.1. The van der Waals surface area contributed by atoms with E-state index in [1.165, 1.54) is 15.9 Å². The molecule has 5 heterocycles. The first-order chi connectivity index (χ1) is 10.9. The molecule has 0 aliphatic carbocycles. The third-order valence-corrected chi connectivity index (χ3v) is 6.02. The molecule has 0 radical (unpaired) electrons. The largest absolute Gasteiger partial charge is 0.433 e. The van der Waals surface area contributed by atoms with Gasteiger partial charge in [0, 0.05) is 6.07 Å². The van der Waals surface area contributed by atoms with E-state index in [9.17, 15) is 14.9 Å². The van der Waals surface area contributed by atoms with Gasteiger partial charge in [-0.1, -0.05) is 13.3 Å². The van der Waals surface area contributed by atoms with E-state index in [0.29, 0.717) is 11.5 Å². The van der Waals surface area contributed by atoms with Crippen LogP contribution in [-0.2, 0) is 4.79 Å². The fourth-order valence-electron chi connectivity index (χ4n) is 5.55. The number of hydrogen-bond acceptors (Lipinski definition) is 4. The molecule has 1 aromatic rings.